The molecule has 0 saturated heterocycles. The summed E-state index contributed by atoms with van der Waals surface area (Å²) < 4.78 is 2.12. The van der Waals surface area contributed by atoms with Crippen molar-refractivity contribution in [2.75, 3.05) is 0 Å². The molecule has 0 bridgehead atoms. The molecule has 0 amide bonds. The van der Waals surface area contributed by atoms with Gasteiger partial charge in [0.15, 0.2) is 0 Å². The predicted octanol–water partition coefficient (Wildman–Crippen LogP) is 3.38. The summed E-state index contributed by atoms with van der Waals surface area (Å²) in [6.07, 6.45) is 11.2. The molecule has 1 aromatic heterocycles. The summed E-state index contributed by atoms with van der Waals surface area (Å²) in [6, 6.07) is 0. The first-order valence-electron chi connectivity index (χ1n) is 7.19. The number of carbonyl (C=O) groups is 1. The minimum absolute atomic E-state index is 0.0960. The molecule has 1 aliphatic carbocycles. The van der Waals surface area contributed by atoms with Crippen molar-refractivity contribution in [1.82, 2.24) is 9.55 Å². The van der Waals surface area contributed by atoms with Gasteiger partial charge in [0.25, 0.3) is 0 Å². The number of rotatable bonds is 5. The van der Waals surface area contributed by atoms with E-state index in [1.807, 2.05) is 12.4 Å². The largest absolute Gasteiger partial charge is 0.335 e. The maximum Gasteiger partial charge on any atom is 0.146 e. The van der Waals surface area contributed by atoms with Gasteiger partial charge in [0, 0.05) is 24.4 Å². The third-order valence-corrected chi connectivity index (χ3v) is 4.22. The topological polar surface area (TPSA) is 34.9 Å². The Labute approximate surface area is 110 Å². The van der Waals surface area contributed by atoms with Gasteiger partial charge >= 0.3 is 0 Å². The summed E-state index contributed by atoms with van der Waals surface area (Å²) in [6.45, 7) is 5.25. The average Bonchev–Trinajstić information content (AvgIpc) is 2.78. The van der Waals surface area contributed by atoms with Crippen molar-refractivity contribution in [2.45, 2.75) is 65.3 Å². The van der Waals surface area contributed by atoms with Crippen LogP contribution in [0.1, 0.15) is 58.2 Å². The van der Waals surface area contributed by atoms with Gasteiger partial charge < -0.3 is 4.57 Å². The van der Waals surface area contributed by atoms with E-state index in [1.165, 1.54) is 19.3 Å². The lowest BCUT2D eigenvalue weighted by molar-refractivity contribution is -0.129. The zero-order valence-electron chi connectivity index (χ0n) is 11.6. The molecule has 100 valence electrons. The number of imidazole rings is 1. The van der Waals surface area contributed by atoms with Crippen molar-refractivity contribution in [1.29, 1.82) is 0 Å². The van der Waals surface area contributed by atoms with Gasteiger partial charge in [-0.05, 0) is 19.3 Å². The van der Waals surface area contributed by atoms with E-state index in [2.05, 4.69) is 23.4 Å². The second-order valence-corrected chi connectivity index (χ2v) is 5.76. The van der Waals surface area contributed by atoms with E-state index in [0.29, 0.717) is 12.2 Å². The first kappa shape index (κ1) is 13.3. The van der Waals surface area contributed by atoms with Crippen LogP contribution in [0.15, 0.2) is 12.4 Å². The van der Waals surface area contributed by atoms with Crippen LogP contribution >= 0.6 is 0 Å². The van der Waals surface area contributed by atoms with Gasteiger partial charge in [0.2, 0.25) is 0 Å². The molecule has 1 aliphatic rings. The number of hydrogen-bond acceptors (Lipinski definition) is 2. The van der Waals surface area contributed by atoms with Gasteiger partial charge in [-0.15, -0.1) is 0 Å². The van der Waals surface area contributed by atoms with Crippen molar-refractivity contribution in [3.05, 3.63) is 18.2 Å². The fraction of sp³-hybridized carbons (Fsp3) is 0.733. The van der Waals surface area contributed by atoms with Gasteiger partial charge in [-0.3, -0.25) is 4.79 Å². The molecule has 3 heteroatoms. The highest BCUT2D eigenvalue weighted by Gasteiger charge is 2.34. The quantitative estimate of drug-likeness (QED) is 0.800. The maximum absolute atomic E-state index is 12.5. The molecule has 0 N–H and O–H groups in total. The van der Waals surface area contributed by atoms with Gasteiger partial charge in [-0.25, -0.2) is 4.98 Å². The van der Waals surface area contributed by atoms with E-state index in [0.717, 1.165) is 31.6 Å². The number of carbonyl (C=O) groups excluding carboxylic acids is 1. The van der Waals surface area contributed by atoms with Crippen LogP contribution in [0, 0.1) is 5.41 Å². The Morgan fingerprint density at radius 3 is 2.78 bits per heavy atom. The highest BCUT2D eigenvalue weighted by Crippen LogP contribution is 2.37. The number of nitrogens with zero attached hydrogens (tertiary/aromatic N) is 2. The van der Waals surface area contributed by atoms with Crippen molar-refractivity contribution >= 4 is 5.78 Å². The number of ketones is 1. The Morgan fingerprint density at radius 1 is 1.39 bits per heavy atom. The lowest BCUT2D eigenvalue weighted by Gasteiger charge is -2.32. The molecule has 1 fully saturated rings. The summed E-state index contributed by atoms with van der Waals surface area (Å²) in [7, 11) is 0. The molecule has 0 aromatic carbocycles. The molecular formula is C15H24N2O. The summed E-state index contributed by atoms with van der Waals surface area (Å²) in [5.41, 5.74) is -0.0960. The normalized spacial score (nSPS) is 18.8. The van der Waals surface area contributed by atoms with Crippen molar-refractivity contribution in [3.8, 4) is 0 Å². The Hall–Kier alpha value is -1.12. The van der Waals surface area contributed by atoms with Crippen LogP contribution < -0.4 is 0 Å². The van der Waals surface area contributed by atoms with Crippen LogP contribution in [0.5, 0.6) is 0 Å². The molecule has 0 unspecified atom stereocenters. The van der Waals surface area contributed by atoms with E-state index >= 15 is 0 Å². The number of Topliss-reactive ketones (excluding diaryl/α,β-unsaturated/α-hetero) is 1. The third kappa shape index (κ3) is 2.82. The minimum Gasteiger partial charge on any atom is -0.335 e. The van der Waals surface area contributed by atoms with Crippen LogP contribution in [0.25, 0.3) is 0 Å². The van der Waals surface area contributed by atoms with Gasteiger partial charge in [0.05, 0.1) is 6.42 Å². The molecule has 0 atom stereocenters. The van der Waals surface area contributed by atoms with Crippen molar-refractivity contribution in [3.63, 3.8) is 0 Å². The van der Waals surface area contributed by atoms with E-state index < -0.39 is 0 Å². The van der Waals surface area contributed by atoms with E-state index in [-0.39, 0.29) is 5.41 Å². The van der Waals surface area contributed by atoms with Gasteiger partial charge in [-0.2, -0.15) is 0 Å². The summed E-state index contributed by atoms with van der Waals surface area (Å²) in [5, 5.41) is 0. The smallest absolute Gasteiger partial charge is 0.146 e. The third-order valence-electron chi connectivity index (χ3n) is 4.22. The first-order valence-corrected chi connectivity index (χ1v) is 7.19. The Kier molecular flexibility index (Phi) is 4.20. The lowest BCUT2D eigenvalue weighted by Crippen LogP contribution is -2.32. The zero-order chi connectivity index (χ0) is 13.0. The van der Waals surface area contributed by atoms with Gasteiger partial charge in [-0.1, -0.05) is 33.1 Å². The zero-order valence-corrected chi connectivity index (χ0v) is 11.6. The Balaban J connectivity index is 2.03. The second kappa shape index (κ2) is 5.68. The number of hydrogen-bond donors (Lipinski definition) is 0. The minimum atomic E-state index is -0.0960. The van der Waals surface area contributed by atoms with E-state index in [9.17, 15) is 4.79 Å². The predicted molar refractivity (Wildman–Crippen MR) is 72.4 cm³/mol. The summed E-state index contributed by atoms with van der Waals surface area (Å²) in [5.74, 6) is 1.32. The first-order chi connectivity index (χ1) is 8.65. The van der Waals surface area contributed by atoms with Crippen LogP contribution in [-0.2, 0) is 17.8 Å². The van der Waals surface area contributed by atoms with Crippen LogP contribution in [-0.4, -0.2) is 15.3 Å². The molecular weight excluding hydrogens is 224 g/mol. The van der Waals surface area contributed by atoms with Crippen LogP contribution in [0.3, 0.4) is 0 Å². The molecule has 1 saturated carbocycles. The van der Waals surface area contributed by atoms with E-state index in [1.54, 1.807) is 0 Å². The van der Waals surface area contributed by atoms with Crippen molar-refractivity contribution in [2.24, 2.45) is 5.41 Å². The molecule has 0 radical (unpaired) electrons. The van der Waals surface area contributed by atoms with Crippen LogP contribution in [0.2, 0.25) is 0 Å². The molecule has 0 aliphatic heterocycles. The molecule has 1 heterocycles. The monoisotopic (exact) mass is 248 g/mol. The highest BCUT2D eigenvalue weighted by atomic mass is 16.1. The molecule has 3 nitrogen and oxygen atoms in total. The standard InChI is InChI=1S/C15H24N2O/c1-3-10-17-11-9-16-14(17)12-13(18)15(2)7-5-4-6-8-15/h9,11H,3-8,10,12H2,1-2H3. The molecule has 18 heavy (non-hydrogen) atoms. The molecule has 2 rings (SSSR count). The molecule has 1 aromatic rings. The highest BCUT2D eigenvalue weighted by molar-refractivity contribution is 5.86. The SMILES string of the molecule is CCCn1ccnc1CC(=O)C1(C)CCCCC1. The van der Waals surface area contributed by atoms with Gasteiger partial charge in [0.1, 0.15) is 11.6 Å². The number of aryl methyl sites for hydroxylation is 1. The molecule has 0 spiro atoms. The fourth-order valence-electron chi connectivity index (χ4n) is 2.92. The Bertz CT molecular complexity index is 402. The fourth-order valence-corrected chi connectivity index (χ4v) is 2.92. The summed E-state index contributed by atoms with van der Waals surface area (Å²) >= 11 is 0. The lowest BCUT2D eigenvalue weighted by atomic mass is 9.72. The maximum atomic E-state index is 12.5. The van der Waals surface area contributed by atoms with Crippen molar-refractivity contribution < 1.29 is 4.79 Å². The Morgan fingerprint density at radius 2 is 2.11 bits per heavy atom. The van der Waals surface area contributed by atoms with Crippen LogP contribution in [0.4, 0.5) is 0 Å². The second-order valence-electron chi connectivity index (χ2n) is 5.76. The van der Waals surface area contributed by atoms with E-state index in [4.69, 9.17) is 0 Å². The average molecular weight is 248 g/mol. The summed E-state index contributed by atoms with van der Waals surface area (Å²) in [4.78, 5) is 16.8. The number of aromatic nitrogens is 2.